The second-order valence-corrected chi connectivity index (χ2v) is 2.39. The SMILES string of the molecule is CCOC(=O)B(F)F.CN(C)C. The van der Waals surface area contributed by atoms with Crippen molar-refractivity contribution in [3.05, 3.63) is 0 Å². The van der Waals surface area contributed by atoms with Crippen LogP contribution in [0.2, 0.25) is 0 Å². The molecule has 12 heavy (non-hydrogen) atoms. The van der Waals surface area contributed by atoms with Gasteiger partial charge in [-0.05, 0) is 28.1 Å². The molecule has 0 aliphatic heterocycles. The van der Waals surface area contributed by atoms with E-state index < -0.39 is 13.1 Å². The van der Waals surface area contributed by atoms with Gasteiger partial charge in [-0.2, -0.15) is 0 Å². The molecule has 0 aliphatic carbocycles. The van der Waals surface area contributed by atoms with Gasteiger partial charge in [-0.15, -0.1) is 0 Å². The largest absolute Gasteiger partial charge is 0.658 e. The molecule has 72 valence electrons. The Labute approximate surface area is 71.9 Å². The average Bonchev–Trinajstić information content (AvgIpc) is 1.86. The summed E-state index contributed by atoms with van der Waals surface area (Å²) in [6, 6.07) is 0. The van der Waals surface area contributed by atoms with E-state index in [2.05, 4.69) is 4.74 Å². The molecule has 0 aliphatic rings. The molecule has 0 unspecified atom stereocenters. The minimum Gasteiger partial charge on any atom is -0.468 e. The fourth-order valence-corrected chi connectivity index (χ4v) is 0.205. The highest BCUT2D eigenvalue weighted by molar-refractivity contribution is 6.77. The molecule has 6 heteroatoms. The Bertz CT molecular complexity index is 119. The van der Waals surface area contributed by atoms with E-state index in [4.69, 9.17) is 0 Å². The lowest BCUT2D eigenvalue weighted by molar-refractivity contribution is 0.173. The first-order valence-corrected chi connectivity index (χ1v) is 3.47. The van der Waals surface area contributed by atoms with Crippen LogP contribution in [0.15, 0.2) is 0 Å². The normalized spacial score (nSPS) is 8.58. The Morgan fingerprint density at radius 3 is 1.83 bits per heavy atom. The first kappa shape index (κ1) is 13.9. The maximum atomic E-state index is 11.1. The van der Waals surface area contributed by atoms with Crippen LogP contribution in [0.5, 0.6) is 0 Å². The van der Waals surface area contributed by atoms with Gasteiger partial charge in [0.1, 0.15) is 0 Å². The van der Waals surface area contributed by atoms with Crippen LogP contribution >= 0.6 is 0 Å². The standard InChI is InChI=1S/C3H5BF2O2.C3H9N/c1-2-8-3(7)4(5)6;1-4(2)3/h2H2,1H3;1-3H3. The van der Waals surface area contributed by atoms with Crippen molar-refractivity contribution < 1.29 is 18.2 Å². The van der Waals surface area contributed by atoms with Crippen molar-refractivity contribution in [3.8, 4) is 0 Å². The van der Waals surface area contributed by atoms with E-state index in [1.807, 2.05) is 26.0 Å². The molecular weight excluding hydrogens is 167 g/mol. The Kier molecular flexibility index (Phi) is 9.80. The summed E-state index contributed by atoms with van der Waals surface area (Å²) in [6.07, 6.45) is 0. The van der Waals surface area contributed by atoms with Gasteiger partial charge < -0.3 is 9.64 Å². The lowest BCUT2D eigenvalue weighted by atomic mass is 10.0. The van der Waals surface area contributed by atoms with Crippen LogP contribution in [0.4, 0.5) is 13.4 Å². The second-order valence-electron chi connectivity index (χ2n) is 2.39. The van der Waals surface area contributed by atoms with Crippen LogP contribution in [0.25, 0.3) is 0 Å². The van der Waals surface area contributed by atoms with Crippen molar-refractivity contribution in [3.63, 3.8) is 0 Å². The van der Waals surface area contributed by atoms with Crippen molar-refractivity contribution in [1.29, 1.82) is 0 Å². The van der Waals surface area contributed by atoms with E-state index in [1.54, 1.807) is 0 Å². The Morgan fingerprint density at radius 1 is 1.42 bits per heavy atom. The topological polar surface area (TPSA) is 29.5 Å². The Morgan fingerprint density at radius 2 is 1.75 bits per heavy atom. The Hall–Kier alpha value is -0.645. The van der Waals surface area contributed by atoms with E-state index >= 15 is 0 Å². The van der Waals surface area contributed by atoms with Crippen molar-refractivity contribution >= 4 is 13.1 Å². The third-order valence-corrected chi connectivity index (χ3v) is 0.465. The van der Waals surface area contributed by atoms with Gasteiger partial charge in [-0.25, -0.2) is 0 Å². The summed E-state index contributed by atoms with van der Waals surface area (Å²) in [5.74, 6) is -1.45. The van der Waals surface area contributed by atoms with E-state index in [0.29, 0.717) is 0 Å². The second kappa shape index (κ2) is 8.45. The lowest BCUT2D eigenvalue weighted by Crippen LogP contribution is -2.16. The quantitative estimate of drug-likeness (QED) is 0.601. The molecule has 0 N–H and O–H groups in total. The number of hydrogen-bond acceptors (Lipinski definition) is 3. The first-order chi connectivity index (χ1) is 5.41. The number of hydrogen-bond donors (Lipinski definition) is 0. The summed E-state index contributed by atoms with van der Waals surface area (Å²) in [5, 5.41) is 0. The maximum Gasteiger partial charge on any atom is 0.658 e. The van der Waals surface area contributed by atoms with Gasteiger partial charge >= 0.3 is 13.1 Å². The minimum atomic E-state index is -2.99. The fourth-order valence-electron chi connectivity index (χ4n) is 0.205. The number of nitrogens with zero attached hydrogens (tertiary/aromatic N) is 1. The molecule has 0 fully saturated rings. The van der Waals surface area contributed by atoms with Crippen molar-refractivity contribution in [2.75, 3.05) is 27.7 Å². The molecule has 0 bridgehead atoms. The van der Waals surface area contributed by atoms with Crippen LogP contribution in [-0.4, -0.2) is 45.8 Å². The number of halogens is 2. The first-order valence-electron chi connectivity index (χ1n) is 3.47. The molecule has 0 aromatic carbocycles. The van der Waals surface area contributed by atoms with Gasteiger partial charge in [0.25, 0.3) is 0 Å². The minimum absolute atomic E-state index is 0.00315. The van der Waals surface area contributed by atoms with Gasteiger partial charge in [0.15, 0.2) is 0 Å². The average molecular weight is 181 g/mol. The Balaban J connectivity index is 0. The van der Waals surface area contributed by atoms with Gasteiger partial charge in [-0.3, -0.25) is 13.4 Å². The molecule has 0 radical (unpaired) electrons. The smallest absolute Gasteiger partial charge is 0.468 e. The number of carbonyl (C=O) groups is 1. The van der Waals surface area contributed by atoms with Crippen LogP contribution in [0, 0.1) is 0 Å². The van der Waals surface area contributed by atoms with Crippen LogP contribution in [0.3, 0.4) is 0 Å². The molecule has 0 rings (SSSR count). The fraction of sp³-hybridized carbons (Fsp3) is 0.833. The third kappa shape index (κ3) is 16.2. The molecule has 0 spiro atoms. The summed E-state index contributed by atoms with van der Waals surface area (Å²) in [5.41, 5.74) is 0. The summed E-state index contributed by atoms with van der Waals surface area (Å²) in [6.45, 7) is 1.48. The zero-order valence-corrected chi connectivity index (χ0v) is 7.80. The van der Waals surface area contributed by atoms with Crippen molar-refractivity contribution in [2.45, 2.75) is 6.92 Å². The molecular formula is C6H14BF2NO2. The predicted octanol–water partition coefficient (Wildman–Crippen LogP) is 1.33. The van der Waals surface area contributed by atoms with E-state index in [9.17, 15) is 13.4 Å². The van der Waals surface area contributed by atoms with Crippen LogP contribution < -0.4 is 0 Å². The summed E-state index contributed by atoms with van der Waals surface area (Å²) in [4.78, 5) is 11.8. The van der Waals surface area contributed by atoms with Gasteiger partial charge in [0, 0.05) is 0 Å². The van der Waals surface area contributed by atoms with Crippen molar-refractivity contribution in [2.24, 2.45) is 0 Å². The molecule has 0 atom stereocenters. The molecule has 3 nitrogen and oxygen atoms in total. The number of carbonyl (C=O) groups excluding carboxylic acids is 1. The predicted molar refractivity (Wildman–Crippen MR) is 44.6 cm³/mol. The third-order valence-electron chi connectivity index (χ3n) is 0.465. The van der Waals surface area contributed by atoms with Gasteiger partial charge in [0.2, 0.25) is 0 Å². The number of ether oxygens (including phenoxy) is 1. The molecule has 0 heterocycles. The summed E-state index contributed by atoms with van der Waals surface area (Å²) in [7, 11) is 3.01. The van der Waals surface area contributed by atoms with Crippen molar-refractivity contribution in [1.82, 2.24) is 4.90 Å². The summed E-state index contributed by atoms with van der Waals surface area (Å²) >= 11 is 0. The maximum absolute atomic E-state index is 11.1. The highest BCUT2D eigenvalue weighted by Gasteiger charge is 2.26. The zero-order chi connectivity index (χ0) is 10.1. The molecule has 0 saturated carbocycles. The highest BCUT2D eigenvalue weighted by Crippen LogP contribution is 1.91. The number of rotatable bonds is 2. The lowest BCUT2D eigenvalue weighted by Gasteiger charge is -1.93. The van der Waals surface area contributed by atoms with Crippen LogP contribution in [-0.2, 0) is 4.74 Å². The zero-order valence-electron chi connectivity index (χ0n) is 7.80. The van der Waals surface area contributed by atoms with E-state index in [0.717, 1.165) is 0 Å². The van der Waals surface area contributed by atoms with Gasteiger partial charge in [-0.1, -0.05) is 0 Å². The highest BCUT2D eigenvalue weighted by atomic mass is 19.2. The molecule has 0 aromatic heterocycles. The molecule has 0 aromatic rings. The molecule has 0 saturated heterocycles. The molecule has 0 amide bonds. The van der Waals surface area contributed by atoms with E-state index in [1.165, 1.54) is 6.92 Å². The van der Waals surface area contributed by atoms with Crippen LogP contribution in [0.1, 0.15) is 6.92 Å². The van der Waals surface area contributed by atoms with E-state index in [-0.39, 0.29) is 6.61 Å². The van der Waals surface area contributed by atoms with Gasteiger partial charge in [0.05, 0.1) is 6.61 Å². The summed E-state index contributed by atoms with van der Waals surface area (Å²) < 4.78 is 26.2. The monoisotopic (exact) mass is 181 g/mol.